The van der Waals surface area contributed by atoms with Crippen molar-refractivity contribution in [3.63, 3.8) is 0 Å². The number of anilines is 3. The van der Waals surface area contributed by atoms with Crippen molar-refractivity contribution in [2.24, 2.45) is 0 Å². The maximum atomic E-state index is 7.15. The van der Waals surface area contributed by atoms with E-state index in [-0.39, 0.29) is 0 Å². The summed E-state index contributed by atoms with van der Waals surface area (Å²) in [5.74, 6) is 3.45. The molecule has 15 rings (SSSR count). The molecule has 0 atom stereocenters. The van der Waals surface area contributed by atoms with Crippen molar-refractivity contribution in [3.05, 3.63) is 305 Å². The fourth-order valence-electron chi connectivity index (χ4n) is 12.8. The van der Waals surface area contributed by atoms with Gasteiger partial charge in [0, 0.05) is 45.3 Å². The van der Waals surface area contributed by atoms with Gasteiger partial charge >= 0.3 is 0 Å². The molecule has 2 aliphatic carbocycles. The molecule has 3 heteroatoms. The van der Waals surface area contributed by atoms with E-state index in [4.69, 9.17) is 9.47 Å². The summed E-state index contributed by atoms with van der Waals surface area (Å²) in [5.41, 5.74) is 21.1. The summed E-state index contributed by atoms with van der Waals surface area (Å²) in [6.45, 7) is 0. The average Bonchev–Trinajstić information content (AvgIpc) is 3.91. The summed E-state index contributed by atoms with van der Waals surface area (Å²) >= 11 is 0. The van der Waals surface area contributed by atoms with Crippen LogP contribution in [0.4, 0.5) is 17.1 Å². The number of nitrogens with zero attached hydrogens (tertiary/aromatic N) is 1. The number of hydrogen-bond donors (Lipinski definition) is 0. The first-order valence-electron chi connectivity index (χ1n) is 24.5. The summed E-state index contributed by atoms with van der Waals surface area (Å²) in [5, 5.41) is 0. The highest BCUT2D eigenvalue weighted by Crippen LogP contribution is 2.66. The summed E-state index contributed by atoms with van der Waals surface area (Å²) in [4.78, 5) is 2.45. The van der Waals surface area contributed by atoms with Crippen molar-refractivity contribution in [2.45, 2.75) is 10.8 Å². The van der Waals surface area contributed by atoms with Gasteiger partial charge in [-0.25, -0.2) is 0 Å². The van der Waals surface area contributed by atoms with Crippen LogP contribution in [0.15, 0.2) is 261 Å². The van der Waals surface area contributed by atoms with Gasteiger partial charge in [0.1, 0.15) is 23.0 Å². The molecule has 2 heterocycles. The lowest BCUT2D eigenvalue weighted by molar-refractivity contribution is 0.436. The molecular formula is C68H43NO2. The molecule has 0 bridgehead atoms. The first-order valence-corrected chi connectivity index (χ1v) is 24.5. The first-order chi connectivity index (χ1) is 35.2. The Hall–Kier alpha value is -9.18. The molecule has 11 aromatic carbocycles. The number of hydrogen-bond acceptors (Lipinski definition) is 3. The first kappa shape index (κ1) is 39.8. The van der Waals surface area contributed by atoms with Crippen molar-refractivity contribution in [3.8, 4) is 67.5 Å². The van der Waals surface area contributed by atoms with Crippen LogP contribution in [-0.4, -0.2) is 0 Å². The van der Waals surface area contributed by atoms with Crippen molar-refractivity contribution in [2.75, 3.05) is 4.90 Å². The Morgan fingerprint density at radius 3 is 1.20 bits per heavy atom. The van der Waals surface area contributed by atoms with E-state index in [1.807, 2.05) is 0 Å². The number of para-hydroxylation sites is 3. The van der Waals surface area contributed by atoms with Crippen molar-refractivity contribution >= 4 is 17.1 Å². The minimum atomic E-state index is -0.618. The van der Waals surface area contributed by atoms with Gasteiger partial charge < -0.3 is 14.4 Å². The maximum Gasteiger partial charge on any atom is 0.134 e. The van der Waals surface area contributed by atoms with E-state index < -0.39 is 10.8 Å². The number of ether oxygens (including phenoxy) is 2. The van der Waals surface area contributed by atoms with Gasteiger partial charge in [-0.2, -0.15) is 0 Å². The molecule has 0 saturated heterocycles. The summed E-state index contributed by atoms with van der Waals surface area (Å²) in [7, 11) is 0. The van der Waals surface area contributed by atoms with Crippen LogP contribution < -0.4 is 14.4 Å². The number of benzene rings is 11. The van der Waals surface area contributed by atoms with E-state index in [9.17, 15) is 0 Å². The second-order valence-corrected chi connectivity index (χ2v) is 19.0. The van der Waals surface area contributed by atoms with E-state index in [2.05, 4.69) is 266 Å². The van der Waals surface area contributed by atoms with Crippen LogP contribution in [-0.2, 0) is 10.8 Å². The zero-order valence-electron chi connectivity index (χ0n) is 38.6. The summed E-state index contributed by atoms with van der Waals surface area (Å²) < 4.78 is 13.9. The van der Waals surface area contributed by atoms with Gasteiger partial charge in [-0.15, -0.1) is 0 Å². The Balaban J connectivity index is 0.961. The van der Waals surface area contributed by atoms with Crippen LogP contribution in [0.25, 0.3) is 44.5 Å². The monoisotopic (exact) mass is 905 g/mol. The third-order valence-corrected chi connectivity index (χ3v) is 15.6. The van der Waals surface area contributed by atoms with Crippen LogP contribution >= 0.6 is 0 Å². The Labute approximate surface area is 413 Å². The highest BCUT2D eigenvalue weighted by molar-refractivity contribution is 5.99. The fraction of sp³-hybridized carbons (Fsp3) is 0.0294. The molecular weight excluding hydrogens is 863 g/mol. The number of fused-ring (bicyclic) bond motifs is 18. The van der Waals surface area contributed by atoms with Gasteiger partial charge in [0.15, 0.2) is 0 Å². The second kappa shape index (κ2) is 15.2. The van der Waals surface area contributed by atoms with Gasteiger partial charge in [-0.05, 0) is 104 Å². The van der Waals surface area contributed by atoms with Gasteiger partial charge in [-0.3, -0.25) is 0 Å². The second-order valence-electron chi connectivity index (χ2n) is 19.0. The quantitative estimate of drug-likeness (QED) is 0.172. The molecule has 3 nitrogen and oxygen atoms in total. The van der Waals surface area contributed by atoms with Crippen LogP contribution in [0.3, 0.4) is 0 Å². The smallest absolute Gasteiger partial charge is 0.134 e. The Morgan fingerprint density at radius 1 is 0.254 bits per heavy atom. The van der Waals surface area contributed by atoms with E-state index in [1.165, 1.54) is 61.2 Å². The number of rotatable bonds is 5. The summed E-state index contributed by atoms with van der Waals surface area (Å²) in [6.07, 6.45) is 0. The predicted molar refractivity (Wildman–Crippen MR) is 287 cm³/mol. The molecule has 0 radical (unpaired) electrons. The molecule has 0 fully saturated rings. The molecule has 2 spiro atoms. The maximum absolute atomic E-state index is 7.15. The van der Waals surface area contributed by atoms with E-state index in [0.29, 0.717) is 0 Å². The van der Waals surface area contributed by atoms with Crippen molar-refractivity contribution in [1.29, 1.82) is 0 Å². The van der Waals surface area contributed by atoms with Gasteiger partial charge in [-0.1, -0.05) is 212 Å². The van der Waals surface area contributed by atoms with Crippen LogP contribution in [0.2, 0.25) is 0 Å². The van der Waals surface area contributed by atoms with Crippen LogP contribution in [0.1, 0.15) is 44.5 Å². The largest absolute Gasteiger partial charge is 0.457 e. The van der Waals surface area contributed by atoms with Crippen LogP contribution in [0, 0.1) is 0 Å². The van der Waals surface area contributed by atoms with E-state index >= 15 is 0 Å². The molecule has 4 aliphatic rings. The standard InChI is InChI=1S/C68H43NO2/c1-2-17-44(18-3-1)45-33-35-46(36-34-45)47-37-39-48(40-38-47)69(49-41-42-59-65(43-49)71-64-32-15-10-25-56(64)67(59)53-22-7-4-19-50(53)51-20-5-8-23-54(51)67)61-29-16-28-60-66(61)52-21-6-9-24-55(52)68(60)57-26-11-13-30-62(57)70-63-31-14-12-27-58(63)68/h1-43H. The minimum absolute atomic E-state index is 0.568. The zero-order chi connectivity index (χ0) is 46.7. The van der Waals surface area contributed by atoms with Crippen molar-refractivity contribution < 1.29 is 9.47 Å². The fourth-order valence-corrected chi connectivity index (χ4v) is 12.8. The molecule has 0 unspecified atom stereocenters. The lowest BCUT2D eigenvalue weighted by atomic mass is 9.66. The third-order valence-electron chi connectivity index (χ3n) is 15.6. The molecule has 11 aromatic rings. The molecule has 0 amide bonds. The SMILES string of the molecule is c1ccc(-c2ccc(-c3ccc(N(c4ccc5c(c4)Oc4ccccc4C54c5ccccc5-c5ccccc54)c4cccc5c4-c4ccccc4C54c5ccccc5Oc5ccccc54)cc3)cc2)cc1. The molecule has 2 aliphatic heterocycles. The molecule has 0 saturated carbocycles. The summed E-state index contributed by atoms with van der Waals surface area (Å²) in [6, 6.07) is 94.9. The topological polar surface area (TPSA) is 21.7 Å². The zero-order valence-corrected chi connectivity index (χ0v) is 38.6. The normalized spacial score (nSPS) is 14.1. The van der Waals surface area contributed by atoms with E-state index in [0.717, 1.165) is 67.9 Å². The highest BCUT2D eigenvalue weighted by atomic mass is 16.5. The van der Waals surface area contributed by atoms with Gasteiger partial charge in [0.25, 0.3) is 0 Å². The lowest BCUT2D eigenvalue weighted by Crippen LogP contribution is -2.32. The molecule has 0 aromatic heterocycles. The molecule has 0 N–H and O–H groups in total. The Morgan fingerprint density at radius 2 is 0.634 bits per heavy atom. The Bertz CT molecular complexity index is 3860. The third kappa shape index (κ3) is 5.49. The minimum Gasteiger partial charge on any atom is -0.457 e. The van der Waals surface area contributed by atoms with Gasteiger partial charge in [0.2, 0.25) is 0 Å². The van der Waals surface area contributed by atoms with E-state index in [1.54, 1.807) is 0 Å². The molecule has 332 valence electrons. The van der Waals surface area contributed by atoms with Crippen molar-refractivity contribution in [1.82, 2.24) is 0 Å². The lowest BCUT2D eigenvalue weighted by Gasteiger charge is -2.40. The average molecular weight is 906 g/mol. The molecule has 71 heavy (non-hydrogen) atoms. The van der Waals surface area contributed by atoms with Crippen LogP contribution in [0.5, 0.6) is 23.0 Å². The Kier molecular flexibility index (Phi) is 8.49. The predicted octanol–water partition coefficient (Wildman–Crippen LogP) is 17.4. The highest BCUT2D eigenvalue weighted by Gasteiger charge is 2.53. The van der Waals surface area contributed by atoms with Gasteiger partial charge in [0.05, 0.1) is 16.5 Å².